The summed E-state index contributed by atoms with van der Waals surface area (Å²) < 4.78 is 10.8. The number of aromatic nitrogens is 1. The lowest BCUT2D eigenvalue weighted by molar-refractivity contribution is -0.132. The Hall–Kier alpha value is -3.87. The molecule has 33 heavy (non-hydrogen) atoms. The highest BCUT2D eigenvalue weighted by molar-refractivity contribution is 6.51. The number of ether oxygens (including phenoxy) is 1. The Bertz CT molecular complexity index is 1190. The summed E-state index contributed by atoms with van der Waals surface area (Å²) in [5, 5.41) is 15.1. The van der Waals surface area contributed by atoms with Crippen LogP contribution < -0.4 is 9.64 Å². The number of rotatable bonds is 7. The number of carbonyl (C=O) groups is 2. The minimum atomic E-state index is -0.837. The number of anilines is 1. The molecule has 0 spiro atoms. The second kappa shape index (κ2) is 9.32. The number of aliphatic hydroxyl groups excluding tert-OH is 1. The molecule has 170 valence electrons. The van der Waals surface area contributed by atoms with E-state index in [9.17, 15) is 14.7 Å². The van der Waals surface area contributed by atoms with E-state index in [0.29, 0.717) is 29.2 Å². The Balaban J connectivity index is 1.83. The predicted octanol–water partition coefficient (Wildman–Crippen LogP) is 4.96. The Morgan fingerprint density at radius 1 is 1.09 bits per heavy atom. The molecule has 7 nitrogen and oxygen atoms in total. The van der Waals surface area contributed by atoms with E-state index in [0.717, 1.165) is 18.4 Å². The number of nitrogens with zero attached hydrogens (tertiary/aromatic N) is 2. The second-order valence-electron chi connectivity index (χ2n) is 7.93. The van der Waals surface area contributed by atoms with Crippen molar-refractivity contribution in [2.75, 3.05) is 11.5 Å². The van der Waals surface area contributed by atoms with E-state index >= 15 is 0 Å². The summed E-state index contributed by atoms with van der Waals surface area (Å²) in [6.07, 6.45) is 1.74. The van der Waals surface area contributed by atoms with Crippen LogP contribution in [0.15, 0.2) is 64.7 Å². The molecule has 0 bridgehead atoms. The molecule has 1 amide bonds. The van der Waals surface area contributed by atoms with Crippen molar-refractivity contribution in [2.45, 2.75) is 39.7 Å². The molecule has 1 saturated heterocycles. The molecule has 0 saturated carbocycles. The van der Waals surface area contributed by atoms with E-state index < -0.39 is 17.7 Å². The van der Waals surface area contributed by atoms with Crippen LogP contribution in [-0.2, 0) is 16.0 Å². The molecule has 1 aliphatic rings. The van der Waals surface area contributed by atoms with E-state index in [2.05, 4.69) is 5.16 Å². The maximum absolute atomic E-state index is 13.1. The Morgan fingerprint density at radius 2 is 1.79 bits per heavy atom. The fourth-order valence-electron chi connectivity index (χ4n) is 3.87. The topological polar surface area (TPSA) is 92.9 Å². The van der Waals surface area contributed by atoms with E-state index in [1.54, 1.807) is 37.3 Å². The zero-order chi connectivity index (χ0) is 23.5. The second-order valence-corrected chi connectivity index (χ2v) is 7.93. The summed E-state index contributed by atoms with van der Waals surface area (Å²) in [5.74, 6) is -0.390. The first-order chi connectivity index (χ1) is 15.9. The summed E-state index contributed by atoms with van der Waals surface area (Å²) >= 11 is 0. The van der Waals surface area contributed by atoms with Gasteiger partial charge in [-0.25, -0.2) is 0 Å². The van der Waals surface area contributed by atoms with Gasteiger partial charge >= 0.3 is 5.91 Å². The van der Waals surface area contributed by atoms with Crippen LogP contribution in [0.25, 0.3) is 5.76 Å². The highest BCUT2D eigenvalue weighted by Gasteiger charge is 2.48. The average molecular weight is 447 g/mol. The van der Waals surface area contributed by atoms with Gasteiger partial charge in [-0.2, -0.15) is 0 Å². The minimum Gasteiger partial charge on any atom is -0.507 e. The number of hydrogen-bond acceptors (Lipinski definition) is 6. The van der Waals surface area contributed by atoms with Crippen LogP contribution >= 0.6 is 0 Å². The highest BCUT2D eigenvalue weighted by atomic mass is 16.5. The van der Waals surface area contributed by atoms with E-state index in [1.807, 2.05) is 38.1 Å². The lowest BCUT2D eigenvalue weighted by atomic mass is 9.94. The van der Waals surface area contributed by atoms with Gasteiger partial charge in [0.2, 0.25) is 0 Å². The third-order valence-electron chi connectivity index (χ3n) is 5.61. The van der Waals surface area contributed by atoms with Crippen molar-refractivity contribution in [3.63, 3.8) is 0 Å². The summed E-state index contributed by atoms with van der Waals surface area (Å²) in [4.78, 5) is 27.5. The van der Waals surface area contributed by atoms with Crippen molar-refractivity contribution in [3.8, 4) is 5.75 Å². The standard InChI is InChI=1S/C26H26N2O5/c1-4-14-32-20-12-10-19(11-13-20)24(29)22-23(18-8-6-17(5-2)7-9-18)28(26(31)25(22)30)21-15-16(3)33-27-21/h6-13,15,23,29H,4-5,14H2,1-3H3/b24-22+/t23-/m1/s1. The number of Topliss-reactive ketones (excluding diaryl/α,β-unsaturated/α-hetero) is 1. The molecule has 1 N–H and O–H groups in total. The molecule has 2 aromatic carbocycles. The molecule has 1 aromatic heterocycles. The smallest absolute Gasteiger partial charge is 0.301 e. The fourth-order valence-corrected chi connectivity index (χ4v) is 3.87. The minimum absolute atomic E-state index is 0.00660. The van der Waals surface area contributed by atoms with Gasteiger partial charge in [-0.1, -0.05) is 43.3 Å². The molecule has 2 heterocycles. The predicted molar refractivity (Wildman–Crippen MR) is 124 cm³/mol. The van der Waals surface area contributed by atoms with Crippen LogP contribution in [0.1, 0.15) is 48.8 Å². The van der Waals surface area contributed by atoms with Crippen molar-refractivity contribution in [1.29, 1.82) is 0 Å². The maximum Gasteiger partial charge on any atom is 0.301 e. The Kier molecular flexibility index (Phi) is 6.31. The van der Waals surface area contributed by atoms with Gasteiger partial charge in [0.25, 0.3) is 5.78 Å². The summed E-state index contributed by atoms with van der Waals surface area (Å²) in [6.45, 7) is 6.36. The molecule has 1 atom stereocenters. The molecule has 3 aromatic rings. The van der Waals surface area contributed by atoms with Crippen LogP contribution in [0, 0.1) is 6.92 Å². The number of aryl methyl sites for hydroxylation is 2. The first kappa shape index (κ1) is 22.3. The number of amides is 1. The average Bonchev–Trinajstić information content (AvgIpc) is 3.38. The third-order valence-corrected chi connectivity index (χ3v) is 5.61. The summed E-state index contributed by atoms with van der Waals surface area (Å²) in [7, 11) is 0. The van der Waals surface area contributed by atoms with Gasteiger partial charge in [0.05, 0.1) is 18.2 Å². The van der Waals surface area contributed by atoms with Gasteiger partial charge in [0.1, 0.15) is 17.3 Å². The van der Waals surface area contributed by atoms with Gasteiger partial charge in [-0.05, 0) is 55.2 Å². The maximum atomic E-state index is 13.1. The summed E-state index contributed by atoms with van der Waals surface area (Å²) in [5.41, 5.74) is 2.24. The van der Waals surface area contributed by atoms with Gasteiger partial charge in [0, 0.05) is 11.6 Å². The Labute approximate surface area is 192 Å². The molecule has 0 aliphatic carbocycles. The summed E-state index contributed by atoms with van der Waals surface area (Å²) in [6, 6.07) is 15.2. The molecule has 1 aliphatic heterocycles. The lowest BCUT2D eigenvalue weighted by Crippen LogP contribution is -2.29. The van der Waals surface area contributed by atoms with Gasteiger partial charge < -0.3 is 14.4 Å². The number of aliphatic hydroxyl groups is 1. The molecule has 1 fully saturated rings. The van der Waals surface area contributed by atoms with Crippen LogP contribution in [0.4, 0.5) is 5.82 Å². The monoisotopic (exact) mass is 446 g/mol. The van der Waals surface area contributed by atoms with E-state index in [1.165, 1.54) is 4.90 Å². The van der Waals surface area contributed by atoms with Crippen molar-refractivity contribution < 1.29 is 24.0 Å². The highest BCUT2D eigenvalue weighted by Crippen LogP contribution is 2.42. The largest absolute Gasteiger partial charge is 0.507 e. The molecular formula is C26H26N2O5. The zero-order valence-electron chi connectivity index (χ0n) is 18.9. The first-order valence-corrected chi connectivity index (χ1v) is 11.0. The van der Waals surface area contributed by atoms with E-state index in [-0.39, 0.29) is 17.2 Å². The van der Waals surface area contributed by atoms with Crippen molar-refractivity contribution in [1.82, 2.24) is 5.16 Å². The quantitative estimate of drug-likeness (QED) is 0.313. The van der Waals surface area contributed by atoms with Crippen LogP contribution in [0.2, 0.25) is 0 Å². The van der Waals surface area contributed by atoms with E-state index in [4.69, 9.17) is 9.26 Å². The third kappa shape index (κ3) is 4.26. The van der Waals surface area contributed by atoms with Crippen molar-refractivity contribution in [2.24, 2.45) is 0 Å². The number of benzene rings is 2. The molecule has 0 unspecified atom stereocenters. The van der Waals surface area contributed by atoms with Crippen molar-refractivity contribution >= 4 is 23.3 Å². The SMILES string of the molecule is CCCOc1ccc(/C(O)=C2\C(=O)C(=O)N(c3cc(C)on3)[C@@H]2c2ccc(CC)cc2)cc1. The van der Waals surface area contributed by atoms with Crippen LogP contribution in [0.5, 0.6) is 5.75 Å². The molecule has 7 heteroatoms. The lowest BCUT2D eigenvalue weighted by Gasteiger charge is -2.23. The molecular weight excluding hydrogens is 420 g/mol. The van der Waals surface area contributed by atoms with Gasteiger partial charge in [0.15, 0.2) is 5.82 Å². The number of carbonyl (C=O) groups excluding carboxylic acids is 2. The van der Waals surface area contributed by atoms with Crippen LogP contribution in [-0.4, -0.2) is 28.6 Å². The number of ketones is 1. The fraction of sp³-hybridized carbons (Fsp3) is 0.269. The molecule has 0 radical (unpaired) electrons. The zero-order valence-corrected chi connectivity index (χ0v) is 18.9. The van der Waals surface area contributed by atoms with Gasteiger partial charge in [-0.3, -0.25) is 14.5 Å². The van der Waals surface area contributed by atoms with Crippen molar-refractivity contribution in [3.05, 3.63) is 82.6 Å². The van der Waals surface area contributed by atoms with Crippen LogP contribution in [0.3, 0.4) is 0 Å². The Morgan fingerprint density at radius 3 is 2.36 bits per heavy atom. The normalized spacial score (nSPS) is 17.5. The molecule has 4 rings (SSSR count). The first-order valence-electron chi connectivity index (χ1n) is 11.0. The number of hydrogen-bond donors (Lipinski definition) is 1. The van der Waals surface area contributed by atoms with Gasteiger partial charge in [-0.15, -0.1) is 0 Å².